The summed E-state index contributed by atoms with van der Waals surface area (Å²) in [5.41, 5.74) is 0. The number of hydrogen-bond donors (Lipinski definition) is 2. The van der Waals surface area contributed by atoms with Gasteiger partial charge in [0.2, 0.25) is 0 Å². The molecule has 0 heterocycles. The van der Waals surface area contributed by atoms with E-state index in [1.54, 1.807) is 9.80 Å². The van der Waals surface area contributed by atoms with Crippen LogP contribution in [0.2, 0.25) is 0 Å². The minimum atomic E-state index is 0. The fraction of sp³-hybridized carbons (Fsp3) is 1.00. The van der Waals surface area contributed by atoms with Gasteiger partial charge in [-0.05, 0) is 12.8 Å². The molecule has 3 nitrogen and oxygen atoms in total. The van der Waals surface area contributed by atoms with Crippen LogP contribution < -0.4 is 9.80 Å². The van der Waals surface area contributed by atoms with Crippen molar-refractivity contribution >= 4 is 0 Å². The van der Waals surface area contributed by atoms with Gasteiger partial charge in [0.25, 0.3) is 0 Å². The molecule has 15 heavy (non-hydrogen) atoms. The summed E-state index contributed by atoms with van der Waals surface area (Å²) in [5.74, 6) is 0. The van der Waals surface area contributed by atoms with Gasteiger partial charge in [-0.3, -0.25) is 0 Å². The van der Waals surface area contributed by atoms with E-state index in [9.17, 15) is 0 Å². The Hall–Kier alpha value is -0.120. The highest BCUT2D eigenvalue weighted by Crippen LogP contribution is 1.77. The van der Waals surface area contributed by atoms with Crippen molar-refractivity contribution in [3.63, 3.8) is 0 Å². The summed E-state index contributed by atoms with van der Waals surface area (Å²) in [6.45, 7) is 7.08. The van der Waals surface area contributed by atoms with Gasteiger partial charge in [0.15, 0.2) is 0 Å². The second-order valence-electron chi connectivity index (χ2n) is 4.62. The monoisotopic (exact) mass is 220 g/mol. The van der Waals surface area contributed by atoms with Crippen LogP contribution in [-0.4, -0.2) is 41.3 Å². The summed E-state index contributed by atoms with van der Waals surface area (Å²) in [6, 6.07) is 0. The van der Waals surface area contributed by atoms with Crippen LogP contribution in [0.25, 0.3) is 0 Å². The molecular formula is C12H32N2O. The van der Waals surface area contributed by atoms with Crippen LogP contribution in [0.5, 0.6) is 0 Å². The lowest BCUT2D eigenvalue weighted by atomic mass is 10.3. The Morgan fingerprint density at radius 3 is 1.00 bits per heavy atom. The SMILES string of the molecule is CCCC[NH+](C)C.CCCC[NH+](C)C.[O-2]. The van der Waals surface area contributed by atoms with E-state index in [1.807, 2.05) is 0 Å². The topological polar surface area (TPSA) is 37.4 Å². The first kappa shape index (κ1) is 20.3. The van der Waals surface area contributed by atoms with E-state index in [4.69, 9.17) is 0 Å². The Morgan fingerprint density at radius 1 is 0.667 bits per heavy atom. The van der Waals surface area contributed by atoms with E-state index in [2.05, 4.69) is 42.0 Å². The zero-order chi connectivity index (χ0) is 11.4. The largest absolute Gasteiger partial charge is 2.00 e. The van der Waals surface area contributed by atoms with Crippen molar-refractivity contribution < 1.29 is 15.3 Å². The lowest BCUT2D eigenvalue weighted by molar-refractivity contribution is -0.858. The van der Waals surface area contributed by atoms with Gasteiger partial charge in [0, 0.05) is 0 Å². The molecule has 96 valence electrons. The smallest absolute Gasteiger partial charge is 0.0766 e. The third kappa shape index (κ3) is 31.5. The Morgan fingerprint density at radius 2 is 0.933 bits per heavy atom. The molecule has 0 rings (SSSR count). The number of nitrogens with one attached hydrogen (secondary N) is 2. The van der Waals surface area contributed by atoms with Gasteiger partial charge in [-0.15, -0.1) is 0 Å². The molecule has 0 aromatic rings. The second-order valence-corrected chi connectivity index (χ2v) is 4.62. The lowest BCUT2D eigenvalue weighted by Crippen LogP contribution is -3.05. The molecule has 0 saturated carbocycles. The molecule has 0 saturated heterocycles. The van der Waals surface area contributed by atoms with Gasteiger partial charge in [0.1, 0.15) is 0 Å². The fourth-order valence-corrected chi connectivity index (χ4v) is 1.06. The normalized spacial score (nSPS) is 9.60. The minimum absolute atomic E-state index is 0. The van der Waals surface area contributed by atoms with Gasteiger partial charge >= 0.3 is 0 Å². The van der Waals surface area contributed by atoms with Gasteiger partial charge in [-0.25, -0.2) is 0 Å². The molecule has 0 atom stereocenters. The Balaban J connectivity index is -0.000000180. The molecule has 0 fully saturated rings. The average molecular weight is 220 g/mol. The average Bonchev–Trinajstić information content (AvgIpc) is 2.12. The summed E-state index contributed by atoms with van der Waals surface area (Å²) < 4.78 is 0. The highest BCUT2D eigenvalue weighted by atomic mass is 16.0. The maximum atomic E-state index is 2.23. The van der Waals surface area contributed by atoms with Gasteiger partial charge in [0.05, 0.1) is 41.3 Å². The first-order valence-corrected chi connectivity index (χ1v) is 6.12. The molecule has 0 aromatic carbocycles. The van der Waals surface area contributed by atoms with E-state index < -0.39 is 0 Å². The van der Waals surface area contributed by atoms with E-state index in [1.165, 1.54) is 38.8 Å². The highest BCUT2D eigenvalue weighted by Gasteiger charge is 1.87. The summed E-state index contributed by atoms with van der Waals surface area (Å²) in [4.78, 5) is 3.11. The standard InChI is InChI=1S/2C6H15N.O/c2*1-4-5-6-7(2)3;/h2*4-6H2,1-3H3;/q;;-2/p+2. The van der Waals surface area contributed by atoms with Crippen LogP contribution in [0.3, 0.4) is 0 Å². The molecular weight excluding hydrogens is 188 g/mol. The number of hydrogen-bond acceptors (Lipinski definition) is 0. The molecule has 0 aliphatic heterocycles. The highest BCUT2D eigenvalue weighted by molar-refractivity contribution is 4.25. The minimum Gasteiger partial charge on any atom is -2.00 e. The first-order chi connectivity index (χ1) is 6.54. The molecule has 0 amide bonds. The zero-order valence-electron chi connectivity index (χ0n) is 11.7. The van der Waals surface area contributed by atoms with Crippen LogP contribution in [0.15, 0.2) is 0 Å². The maximum Gasteiger partial charge on any atom is 0.0766 e. The van der Waals surface area contributed by atoms with E-state index in [0.29, 0.717) is 0 Å². The van der Waals surface area contributed by atoms with Crippen molar-refractivity contribution in [2.24, 2.45) is 0 Å². The third-order valence-electron chi connectivity index (χ3n) is 2.06. The van der Waals surface area contributed by atoms with E-state index in [0.717, 1.165) is 0 Å². The van der Waals surface area contributed by atoms with Crippen molar-refractivity contribution in [3.05, 3.63) is 0 Å². The molecule has 0 aromatic heterocycles. The predicted octanol–water partition coefficient (Wildman–Crippen LogP) is -0.257. The number of rotatable bonds is 6. The van der Waals surface area contributed by atoms with E-state index >= 15 is 0 Å². The molecule has 0 aliphatic carbocycles. The lowest BCUT2D eigenvalue weighted by Gasteiger charge is -2.03. The van der Waals surface area contributed by atoms with Crippen molar-refractivity contribution in [3.8, 4) is 0 Å². The maximum absolute atomic E-state index is 2.23. The molecule has 0 radical (unpaired) electrons. The first-order valence-electron chi connectivity index (χ1n) is 6.12. The molecule has 0 bridgehead atoms. The quantitative estimate of drug-likeness (QED) is 0.619. The van der Waals surface area contributed by atoms with Crippen molar-refractivity contribution in [2.45, 2.75) is 39.5 Å². The molecule has 0 spiro atoms. The Labute approximate surface area is 96.8 Å². The molecule has 2 N–H and O–H groups in total. The van der Waals surface area contributed by atoms with Crippen LogP contribution in [0.1, 0.15) is 39.5 Å². The predicted molar refractivity (Wildman–Crippen MR) is 65.9 cm³/mol. The van der Waals surface area contributed by atoms with Crippen LogP contribution in [-0.2, 0) is 5.48 Å². The second kappa shape index (κ2) is 16.3. The van der Waals surface area contributed by atoms with Crippen molar-refractivity contribution in [2.75, 3.05) is 41.3 Å². The number of unbranched alkanes of at least 4 members (excludes halogenated alkanes) is 2. The van der Waals surface area contributed by atoms with Crippen molar-refractivity contribution in [1.29, 1.82) is 0 Å². The molecule has 0 aliphatic rings. The Bertz CT molecular complexity index is 83.6. The third-order valence-corrected chi connectivity index (χ3v) is 2.06. The van der Waals surface area contributed by atoms with Crippen molar-refractivity contribution in [1.82, 2.24) is 0 Å². The van der Waals surface area contributed by atoms with Crippen LogP contribution >= 0.6 is 0 Å². The van der Waals surface area contributed by atoms with Gasteiger partial charge in [-0.2, -0.15) is 0 Å². The summed E-state index contributed by atoms with van der Waals surface area (Å²) in [6.07, 6.45) is 5.38. The van der Waals surface area contributed by atoms with Crippen LogP contribution in [0, 0.1) is 0 Å². The molecule has 0 unspecified atom stereocenters. The van der Waals surface area contributed by atoms with Gasteiger partial charge in [-0.1, -0.05) is 26.7 Å². The van der Waals surface area contributed by atoms with E-state index in [-0.39, 0.29) is 5.48 Å². The van der Waals surface area contributed by atoms with Crippen LogP contribution in [0.4, 0.5) is 0 Å². The Kier molecular flexibility index (Phi) is 22.1. The number of quaternary nitrogens is 2. The fourth-order valence-electron chi connectivity index (χ4n) is 1.06. The zero-order valence-corrected chi connectivity index (χ0v) is 11.7. The molecule has 3 heteroatoms. The summed E-state index contributed by atoms with van der Waals surface area (Å²) in [7, 11) is 8.76. The summed E-state index contributed by atoms with van der Waals surface area (Å²) >= 11 is 0. The summed E-state index contributed by atoms with van der Waals surface area (Å²) in [5, 5.41) is 0. The van der Waals surface area contributed by atoms with Gasteiger partial charge < -0.3 is 15.3 Å².